The molecule has 30 heavy (non-hydrogen) atoms. The fraction of sp³-hybridized carbons (Fsp3) is 0.0952. The molecule has 0 aliphatic carbocycles. The second-order valence-corrected chi connectivity index (χ2v) is 7.04. The van der Waals surface area contributed by atoms with Crippen molar-refractivity contribution >= 4 is 33.8 Å². The van der Waals surface area contributed by atoms with E-state index >= 15 is 0 Å². The number of anilines is 1. The number of amides is 1. The van der Waals surface area contributed by atoms with Gasteiger partial charge in [-0.3, -0.25) is 4.79 Å². The summed E-state index contributed by atoms with van der Waals surface area (Å²) in [4.78, 5) is 21.0. The monoisotopic (exact) mass is 429 g/mol. The Morgan fingerprint density at radius 1 is 1.07 bits per heavy atom. The lowest BCUT2D eigenvalue weighted by molar-refractivity contribution is -0.274. The SMILES string of the molecule is O=C(Cc1cscn1)Nc1cccc2ccc(-c3ccccc3OC(F)(F)F)nc12. The molecule has 2 aromatic heterocycles. The zero-order valence-corrected chi connectivity index (χ0v) is 16.1. The maximum atomic E-state index is 12.8. The number of ether oxygens (including phenoxy) is 1. The van der Waals surface area contributed by atoms with Crippen molar-refractivity contribution in [1.29, 1.82) is 0 Å². The average Bonchev–Trinajstić information content (AvgIpc) is 3.20. The fourth-order valence-electron chi connectivity index (χ4n) is 2.97. The fourth-order valence-corrected chi connectivity index (χ4v) is 3.53. The van der Waals surface area contributed by atoms with Gasteiger partial charge in [-0.2, -0.15) is 0 Å². The number of thiazole rings is 1. The van der Waals surface area contributed by atoms with E-state index in [1.807, 2.05) is 0 Å². The highest BCUT2D eigenvalue weighted by Gasteiger charge is 2.32. The summed E-state index contributed by atoms with van der Waals surface area (Å²) in [6.45, 7) is 0. The largest absolute Gasteiger partial charge is 0.573 e. The van der Waals surface area contributed by atoms with Gasteiger partial charge in [-0.25, -0.2) is 9.97 Å². The molecule has 1 amide bonds. The molecule has 0 aliphatic heterocycles. The van der Waals surface area contributed by atoms with Crippen LogP contribution >= 0.6 is 11.3 Å². The Bertz CT molecular complexity index is 1190. The molecule has 0 fully saturated rings. The van der Waals surface area contributed by atoms with Crippen LogP contribution in [0.5, 0.6) is 5.75 Å². The summed E-state index contributed by atoms with van der Waals surface area (Å²) in [6.07, 6.45) is -4.70. The minimum Gasteiger partial charge on any atom is -0.405 e. The van der Waals surface area contributed by atoms with Gasteiger partial charge in [-0.1, -0.05) is 30.3 Å². The zero-order chi connectivity index (χ0) is 21.1. The Balaban J connectivity index is 1.69. The summed E-state index contributed by atoms with van der Waals surface area (Å²) in [5.41, 5.74) is 3.72. The molecular weight excluding hydrogens is 415 g/mol. The Morgan fingerprint density at radius 3 is 2.67 bits per heavy atom. The van der Waals surface area contributed by atoms with Crippen LogP contribution in [0.4, 0.5) is 18.9 Å². The molecule has 0 saturated carbocycles. The topological polar surface area (TPSA) is 64.1 Å². The molecule has 0 radical (unpaired) electrons. The van der Waals surface area contributed by atoms with Gasteiger partial charge in [0.1, 0.15) is 5.75 Å². The third-order valence-electron chi connectivity index (χ3n) is 4.21. The van der Waals surface area contributed by atoms with E-state index in [0.29, 0.717) is 22.6 Å². The number of hydrogen-bond donors (Lipinski definition) is 1. The molecular formula is C21H14F3N3O2S. The number of nitrogens with one attached hydrogen (secondary N) is 1. The van der Waals surface area contributed by atoms with Gasteiger partial charge in [-0.05, 0) is 24.3 Å². The number of nitrogens with zero attached hydrogens (tertiary/aromatic N) is 2. The molecule has 152 valence electrons. The van der Waals surface area contributed by atoms with Crippen molar-refractivity contribution in [2.24, 2.45) is 0 Å². The summed E-state index contributed by atoms with van der Waals surface area (Å²) >= 11 is 1.40. The number of aromatic nitrogens is 2. The van der Waals surface area contributed by atoms with Crippen LogP contribution in [-0.2, 0) is 11.2 Å². The van der Waals surface area contributed by atoms with Crippen molar-refractivity contribution in [1.82, 2.24) is 9.97 Å². The van der Waals surface area contributed by atoms with Crippen LogP contribution in [0.1, 0.15) is 5.69 Å². The normalized spacial score (nSPS) is 11.4. The van der Waals surface area contributed by atoms with Gasteiger partial charge in [0.05, 0.1) is 34.5 Å². The molecule has 0 bridgehead atoms. The molecule has 0 atom stereocenters. The summed E-state index contributed by atoms with van der Waals surface area (Å²) in [6, 6.07) is 14.4. The third-order valence-corrected chi connectivity index (χ3v) is 4.84. The number of halogens is 3. The average molecular weight is 429 g/mol. The van der Waals surface area contributed by atoms with Crippen LogP contribution in [0, 0.1) is 0 Å². The van der Waals surface area contributed by atoms with E-state index in [9.17, 15) is 18.0 Å². The van der Waals surface area contributed by atoms with Gasteiger partial charge in [0.2, 0.25) is 5.91 Å². The van der Waals surface area contributed by atoms with Crippen molar-refractivity contribution < 1.29 is 22.7 Å². The smallest absolute Gasteiger partial charge is 0.405 e. The molecule has 9 heteroatoms. The summed E-state index contributed by atoms with van der Waals surface area (Å²) in [5.74, 6) is -0.608. The lowest BCUT2D eigenvalue weighted by Gasteiger charge is -2.14. The molecule has 4 aromatic rings. The maximum Gasteiger partial charge on any atom is 0.573 e. The Kier molecular flexibility index (Phi) is 5.37. The predicted molar refractivity (Wildman–Crippen MR) is 108 cm³/mol. The van der Waals surface area contributed by atoms with Gasteiger partial charge in [-0.15, -0.1) is 24.5 Å². The molecule has 2 aromatic carbocycles. The molecule has 5 nitrogen and oxygen atoms in total. The lowest BCUT2D eigenvalue weighted by atomic mass is 10.1. The first kappa shape index (κ1) is 19.8. The first-order valence-corrected chi connectivity index (χ1v) is 9.75. The highest BCUT2D eigenvalue weighted by molar-refractivity contribution is 7.07. The van der Waals surface area contributed by atoms with Gasteiger partial charge in [0, 0.05) is 16.3 Å². The van der Waals surface area contributed by atoms with Gasteiger partial charge in [0.25, 0.3) is 0 Å². The van der Waals surface area contributed by atoms with E-state index in [0.717, 1.165) is 5.39 Å². The standard InChI is InChI=1S/C21H14F3N3O2S/c22-21(23,24)29-18-7-2-1-5-15(18)16-9-8-13-4-3-6-17(20(13)27-16)26-19(28)10-14-11-30-12-25-14/h1-9,11-12H,10H2,(H,26,28). The van der Waals surface area contributed by atoms with Crippen LogP contribution < -0.4 is 10.1 Å². The second kappa shape index (κ2) is 8.11. The number of hydrogen-bond acceptors (Lipinski definition) is 5. The van der Waals surface area contributed by atoms with Crippen molar-refractivity contribution in [3.63, 3.8) is 0 Å². The molecule has 0 aliphatic rings. The summed E-state index contributed by atoms with van der Waals surface area (Å²) in [7, 11) is 0. The molecule has 2 heterocycles. The lowest BCUT2D eigenvalue weighted by Crippen LogP contribution is -2.17. The van der Waals surface area contributed by atoms with Crippen molar-refractivity contribution in [2.45, 2.75) is 12.8 Å². The Labute approximate surface area is 173 Å². The second-order valence-electron chi connectivity index (χ2n) is 6.32. The quantitative estimate of drug-likeness (QED) is 0.459. The van der Waals surface area contributed by atoms with E-state index in [4.69, 9.17) is 0 Å². The third kappa shape index (κ3) is 4.57. The van der Waals surface area contributed by atoms with Crippen molar-refractivity contribution in [3.05, 3.63) is 71.2 Å². The number of rotatable bonds is 5. The minimum atomic E-state index is -4.82. The van der Waals surface area contributed by atoms with Crippen LogP contribution in [0.25, 0.3) is 22.2 Å². The number of carbonyl (C=O) groups excluding carboxylic acids is 1. The van der Waals surface area contributed by atoms with Gasteiger partial charge >= 0.3 is 6.36 Å². The number of alkyl halides is 3. The summed E-state index contributed by atoms with van der Waals surface area (Å²) < 4.78 is 42.4. The van der Waals surface area contributed by atoms with Crippen LogP contribution in [0.15, 0.2) is 65.5 Å². The number of para-hydroxylation sites is 2. The van der Waals surface area contributed by atoms with E-state index in [-0.39, 0.29) is 23.6 Å². The van der Waals surface area contributed by atoms with Crippen LogP contribution in [0.2, 0.25) is 0 Å². The number of fused-ring (bicyclic) bond motifs is 1. The highest BCUT2D eigenvalue weighted by Crippen LogP contribution is 2.34. The molecule has 4 rings (SSSR count). The highest BCUT2D eigenvalue weighted by atomic mass is 32.1. The van der Waals surface area contributed by atoms with Crippen LogP contribution in [0.3, 0.4) is 0 Å². The molecule has 0 saturated heterocycles. The van der Waals surface area contributed by atoms with Gasteiger partial charge < -0.3 is 10.1 Å². The molecule has 0 spiro atoms. The van der Waals surface area contributed by atoms with E-state index in [2.05, 4.69) is 20.0 Å². The Hall–Kier alpha value is -3.46. The van der Waals surface area contributed by atoms with Crippen molar-refractivity contribution in [3.8, 4) is 17.0 Å². The molecule has 1 N–H and O–H groups in total. The molecule has 0 unspecified atom stereocenters. The Morgan fingerprint density at radius 2 is 1.90 bits per heavy atom. The zero-order valence-electron chi connectivity index (χ0n) is 15.3. The van der Waals surface area contributed by atoms with E-state index in [1.165, 1.54) is 29.5 Å². The van der Waals surface area contributed by atoms with Gasteiger partial charge in [0.15, 0.2) is 0 Å². The predicted octanol–water partition coefficient (Wildman–Crippen LogP) is 5.44. The van der Waals surface area contributed by atoms with Crippen LogP contribution in [-0.4, -0.2) is 22.2 Å². The first-order chi connectivity index (χ1) is 14.4. The van der Waals surface area contributed by atoms with Crippen molar-refractivity contribution in [2.75, 3.05) is 5.32 Å². The number of pyridine rings is 1. The summed E-state index contributed by atoms with van der Waals surface area (Å²) in [5, 5.41) is 5.33. The maximum absolute atomic E-state index is 12.8. The van der Waals surface area contributed by atoms with E-state index in [1.54, 1.807) is 47.3 Å². The van der Waals surface area contributed by atoms with E-state index < -0.39 is 6.36 Å². The first-order valence-electron chi connectivity index (χ1n) is 8.81. The minimum absolute atomic E-state index is 0.113. The number of carbonyl (C=O) groups is 1. The number of benzene rings is 2.